The van der Waals surface area contributed by atoms with Crippen molar-refractivity contribution in [1.82, 2.24) is 10.2 Å². The number of carboxylic acids is 1. The maximum absolute atomic E-state index is 12.0. The quantitative estimate of drug-likeness (QED) is 0.768. The number of nitrogens with one attached hydrogen (secondary N) is 1. The molecule has 1 fully saturated rings. The number of carbonyl (C=O) groups is 2. The van der Waals surface area contributed by atoms with Crippen molar-refractivity contribution in [2.24, 2.45) is 5.92 Å². The van der Waals surface area contributed by atoms with E-state index in [1.165, 1.54) is 4.90 Å². The topological polar surface area (TPSA) is 69.6 Å². The van der Waals surface area contributed by atoms with E-state index < -0.39 is 11.5 Å². The fraction of sp³-hybridized carbons (Fsp3) is 0.714. The molecule has 0 aromatic carbocycles. The number of rotatable bonds is 4. The largest absolute Gasteiger partial charge is 0.480 e. The molecule has 2 amide bonds. The van der Waals surface area contributed by atoms with E-state index >= 15 is 0 Å². The minimum Gasteiger partial charge on any atom is -0.480 e. The smallest absolute Gasteiger partial charge is 0.329 e. The van der Waals surface area contributed by atoms with E-state index in [9.17, 15) is 14.7 Å². The van der Waals surface area contributed by atoms with E-state index in [1.807, 2.05) is 6.92 Å². The van der Waals surface area contributed by atoms with E-state index in [0.29, 0.717) is 25.3 Å². The van der Waals surface area contributed by atoms with Crippen LogP contribution in [0.2, 0.25) is 0 Å². The van der Waals surface area contributed by atoms with Gasteiger partial charge in [-0.25, -0.2) is 9.59 Å². The van der Waals surface area contributed by atoms with Gasteiger partial charge in [0.2, 0.25) is 0 Å². The molecular formula is C14H24N2O3. The van der Waals surface area contributed by atoms with Gasteiger partial charge in [-0.1, -0.05) is 19.1 Å². The summed E-state index contributed by atoms with van der Waals surface area (Å²) in [7, 11) is 1.64. The molecular weight excluding hydrogens is 244 g/mol. The lowest BCUT2D eigenvalue weighted by atomic mass is 9.77. The Morgan fingerprint density at radius 2 is 1.95 bits per heavy atom. The molecule has 0 bridgehead atoms. The van der Waals surface area contributed by atoms with Gasteiger partial charge in [-0.05, 0) is 38.5 Å². The number of nitrogens with zero attached hydrogens (tertiary/aromatic N) is 1. The van der Waals surface area contributed by atoms with Crippen molar-refractivity contribution in [2.75, 3.05) is 13.6 Å². The molecule has 19 heavy (non-hydrogen) atoms. The first-order valence-corrected chi connectivity index (χ1v) is 6.68. The van der Waals surface area contributed by atoms with Gasteiger partial charge in [0.05, 0.1) is 0 Å². The summed E-state index contributed by atoms with van der Waals surface area (Å²) in [5, 5.41) is 12.1. The van der Waals surface area contributed by atoms with Crippen LogP contribution < -0.4 is 5.32 Å². The van der Waals surface area contributed by atoms with Crippen molar-refractivity contribution in [3.8, 4) is 0 Å². The van der Waals surface area contributed by atoms with Gasteiger partial charge in [0.15, 0.2) is 0 Å². The number of aliphatic carboxylic acids is 1. The Morgan fingerprint density at radius 1 is 1.42 bits per heavy atom. The van der Waals surface area contributed by atoms with Crippen LogP contribution in [0, 0.1) is 5.92 Å². The number of likely N-dealkylation sites (N-methyl/N-ethyl adjacent to an activating group) is 1. The molecule has 0 aromatic heterocycles. The van der Waals surface area contributed by atoms with Gasteiger partial charge in [0.1, 0.15) is 5.54 Å². The zero-order valence-electron chi connectivity index (χ0n) is 12.0. The second-order valence-corrected chi connectivity index (χ2v) is 5.81. The Hall–Kier alpha value is -1.52. The third kappa shape index (κ3) is 3.98. The summed E-state index contributed by atoms with van der Waals surface area (Å²) in [4.78, 5) is 25.0. The fourth-order valence-corrected chi connectivity index (χ4v) is 2.42. The van der Waals surface area contributed by atoms with Gasteiger partial charge >= 0.3 is 12.0 Å². The predicted molar refractivity (Wildman–Crippen MR) is 74.0 cm³/mol. The van der Waals surface area contributed by atoms with Crippen LogP contribution in [0.3, 0.4) is 0 Å². The maximum atomic E-state index is 12.0. The van der Waals surface area contributed by atoms with Crippen LogP contribution in [-0.4, -0.2) is 41.1 Å². The first-order chi connectivity index (χ1) is 8.77. The van der Waals surface area contributed by atoms with E-state index in [4.69, 9.17) is 0 Å². The Bertz CT molecular complexity index is 371. The molecule has 5 heteroatoms. The summed E-state index contributed by atoms with van der Waals surface area (Å²) in [6.45, 7) is 8.12. The maximum Gasteiger partial charge on any atom is 0.329 e. The molecule has 108 valence electrons. The van der Waals surface area contributed by atoms with Crippen LogP contribution in [0.1, 0.15) is 39.5 Å². The Morgan fingerprint density at radius 3 is 2.37 bits per heavy atom. The highest BCUT2D eigenvalue weighted by Gasteiger charge is 2.42. The summed E-state index contributed by atoms with van der Waals surface area (Å²) < 4.78 is 0. The van der Waals surface area contributed by atoms with Crippen molar-refractivity contribution < 1.29 is 14.7 Å². The summed E-state index contributed by atoms with van der Waals surface area (Å²) in [5.41, 5.74) is -0.244. The average molecular weight is 268 g/mol. The molecule has 0 aromatic rings. The lowest BCUT2D eigenvalue weighted by Crippen LogP contribution is -2.58. The van der Waals surface area contributed by atoms with Crippen molar-refractivity contribution in [1.29, 1.82) is 0 Å². The van der Waals surface area contributed by atoms with Crippen molar-refractivity contribution in [3.05, 3.63) is 12.2 Å². The number of amides is 2. The monoisotopic (exact) mass is 268 g/mol. The van der Waals surface area contributed by atoms with Gasteiger partial charge in [-0.2, -0.15) is 0 Å². The van der Waals surface area contributed by atoms with E-state index in [1.54, 1.807) is 7.05 Å². The molecule has 0 spiro atoms. The third-order valence-corrected chi connectivity index (χ3v) is 3.74. The molecule has 1 aliphatic carbocycles. The molecule has 0 saturated heterocycles. The highest BCUT2D eigenvalue weighted by Crippen LogP contribution is 2.32. The lowest BCUT2D eigenvalue weighted by Gasteiger charge is -2.37. The minimum absolute atomic E-state index is 0.347. The van der Waals surface area contributed by atoms with Crippen molar-refractivity contribution in [2.45, 2.75) is 45.1 Å². The van der Waals surface area contributed by atoms with E-state index in [2.05, 4.69) is 18.8 Å². The third-order valence-electron chi connectivity index (χ3n) is 3.74. The first kappa shape index (κ1) is 15.5. The molecule has 1 saturated carbocycles. The Balaban J connectivity index is 2.71. The summed E-state index contributed by atoms with van der Waals surface area (Å²) in [6, 6.07) is -0.347. The van der Waals surface area contributed by atoms with Crippen LogP contribution in [0.15, 0.2) is 12.2 Å². The summed E-state index contributed by atoms with van der Waals surface area (Å²) >= 11 is 0. The predicted octanol–water partition coefficient (Wildman–Crippen LogP) is 2.24. The molecule has 2 N–H and O–H groups in total. The molecule has 0 aliphatic heterocycles. The Kier molecular flexibility index (Phi) is 4.97. The highest BCUT2D eigenvalue weighted by molar-refractivity contribution is 5.86. The second-order valence-electron chi connectivity index (χ2n) is 5.81. The number of hydrogen-bond donors (Lipinski definition) is 2. The molecule has 0 heterocycles. The van der Waals surface area contributed by atoms with Gasteiger partial charge < -0.3 is 15.3 Å². The normalized spacial score (nSPS) is 26.6. The number of carboxylic acid groups (broad SMARTS) is 1. The van der Waals surface area contributed by atoms with Gasteiger partial charge in [0.25, 0.3) is 0 Å². The molecule has 0 unspecified atom stereocenters. The average Bonchev–Trinajstić information content (AvgIpc) is 2.31. The van der Waals surface area contributed by atoms with Gasteiger partial charge in [0, 0.05) is 13.6 Å². The van der Waals surface area contributed by atoms with Crippen LogP contribution in [-0.2, 0) is 4.79 Å². The standard InChI is InChI=1S/C14H24N2O3/c1-10(2)9-16(4)13(19)15-14(12(17)18)7-5-11(3)6-8-14/h11H,1,5-9H2,2-4H3,(H,15,19)(H,17,18). The van der Waals surface area contributed by atoms with E-state index in [0.717, 1.165) is 18.4 Å². The van der Waals surface area contributed by atoms with Crippen LogP contribution >= 0.6 is 0 Å². The molecule has 5 nitrogen and oxygen atoms in total. The second kappa shape index (κ2) is 6.08. The van der Waals surface area contributed by atoms with Gasteiger partial charge in [-0.15, -0.1) is 0 Å². The van der Waals surface area contributed by atoms with Crippen molar-refractivity contribution in [3.63, 3.8) is 0 Å². The molecule has 1 rings (SSSR count). The first-order valence-electron chi connectivity index (χ1n) is 6.68. The lowest BCUT2D eigenvalue weighted by molar-refractivity contribution is -0.146. The SMILES string of the molecule is C=C(C)CN(C)C(=O)NC1(C(=O)O)CCC(C)CC1. The summed E-state index contributed by atoms with van der Waals surface area (Å²) in [6.07, 6.45) is 2.65. The zero-order chi connectivity index (χ0) is 14.6. The van der Waals surface area contributed by atoms with E-state index in [-0.39, 0.29) is 6.03 Å². The minimum atomic E-state index is -1.10. The molecule has 1 aliphatic rings. The Labute approximate surface area is 114 Å². The fourth-order valence-electron chi connectivity index (χ4n) is 2.42. The van der Waals surface area contributed by atoms with Crippen LogP contribution in [0.5, 0.6) is 0 Å². The van der Waals surface area contributed by atoms with Crippen LogP contribution in [0.4, 0.5) is 4.79 Å². The molecule has 0 radical (unpaired) electrons. The number of urea groups is 1. The highest BCUT2D eigenvalue weighted by atomic mass is 16.4. The van der Waals surface area contributed by atoms with Crippen molar-refractivity contribution >= 4 is 12.0 Å². The molecule has 0 atom stereocenters. The summed E-state index contributed by atoms with van der Waals surface area (Å²) in [5.74, 6) is -0.408. The van der Waals surface area contributed by atoms with Crippen LogP contribution in [0.25, 0.3) is 0 Å². The number of hydrogen-bond acceptors (Lipinski definition) is 2. The number of carbonyl (C=O) groups excluding carboxylic acids is 1. The zero-order valence-corrected chi connectivity index (χ0v) is 12.0. The van der Waals surface area contributed by atoms with Gasteiger partial charge in [-0.3, -0.25) is 0 Å².